The lowest BCUT2D eigenvalue weighted by atomic mass is 10.6. The maximum Gasteiger partial charge on any atom is 0.402 e. The molecule has 1 aliphatic carbocycles. The van der Waals surface area contributed by atoms with Crippen LogP contribution in [0, 0.1) is 0 Å². The van der Waals surface area contributed by atoms with E-state index in [1.54, 1.807) is 0 Å². The fourth-order valence-corrected chi connectivity index (χ4v) is 1.08. The van der Waals surface area contributed by atoms with Crippen molar-refractivity contribution in [1.82, 2.24) is 4.31 Å². The predicted octanol–water partition coefficient (Wildman–Crippen LogP) is 1.86. The molecule has 0 saturated heterocycles. The molecule has 1 aliphatic rings. The topological polar surface area (TPSA) is 3.24 Å². The quantitative estimate of drug-likeness (QED) is 0.620. The van der Waals surface area contributed by atoms with Gasteiger partial charge < -0.3 is 0 Å². The van der Waals surface area contributed by atoms with Gasteiger partial charge in [0.1, 0.15) is 6.54 Å². The Morgan fingerprint density at radius 2 is 1.90 bits per heavy atom. The average molecular weight is 171 g/mol. The first-order valence-corrected chi connectivity index (χ1v) is 3.41. The third kappa shape index (κ3) is 2.79. The van der Waals surface area contributed by atoms with E-state index in [-0.39, 0.29) is 6.04 Å². The first-order valence-electron chi connectivity index (χ1n) is 3.01. The van der Waals surface area contributed by atoms with Gasteiger partial charge in [0, 0.05) is 6.04 Å². The highest BCUT2D eigenvalue weighted by molar-refractivity contribution is 7.77. The van der Waals surface area contributed by atoms with E-state index >= 15 is 0 Å². The number of thiol groups is 1. The average Bonchev–Trinajstić information content (AvgIpc) is 2.35. The van der Waals surface area contributed by atoms with Gasteiger partial charge in [-0.15, -0.1) is 0 Å². The Bertz CT molecular complexity index is 121. The molecule has 0 N–H and O–H groups in total. The van der Waals surface area contributed by atoms with Crippen LogP contribution < -0.4 is 0 Å². The summed E-state index contributed by atoms with van der Waals surface area (Å²) in [5, 5.41) is 0. The lowest BCUT2D eigenvalue weighted by Crippen LogP contribution is -2.28. The highest BCUT2D eigenvalue weighted by atomic mass is 32.1. The summed E-state index contributed by atoms with van der Waals surface area (Å²) in [6.07, 6.45) is -2.41. The van der Waals surface area contributed by atoms with Gasteiger partial charge in [-0.1, -0.05) is 12.8 Å². The van der Waals surface area contributed by atoms with Crippen LogP contribution in [0.1, 0.15) is 12.8 Å². The van der Waals surface area contributed by atoms with E-state index in [2.05, 4.69) is 12.8 Å². The number of halogens is 3. The Kier molecular flexibility index (Phi) is 2.15. The Morgan fingerprint density at radius 1 is 1.40 bits per heavy atom. The maximum absolute atomic E-state index is 11.6. The molecule has 1 rings (SSSR count). The van der Waals surface area contributed by atoms with Gasteiger partial charge >= 0.3 is 6.18 Å². The monoisotopic (exact) mass is 171 g/mol. The van der Waals surface area contributed by atoms with Crippen molar-refractivity contribution in [2.24, 2.45) is 0 Å². The van der Waals surface area contributed by atoms with Crippen molar-refractivity contribution < 1.29 is 13.2 Å². The zero-order valence-electron chi connectivity index (χ0n) is 5.23. The van der Waals surface area contributed by atoms with Crippen LogP contribution in [0.15, 0.2) is 0 Å². The predicted molar refractivity (Wildman–Crippen MR) is 34.8 cm³/mol. The Labute approximate surface area is 62.7 Å². The molecule has 0 spiro atoms. The van der Waals surface area contributed by atoms with E-state index in [0.717, 1.165) is 17.1 Å². The van der Waals surface area contributed by atoms with Crippen LogP contribution in [0.4, 0.5) is 13.2 Å². The lowest BCUT2D eigenvalue weighted by molar-refractivity contribution is -0.135. The highest BCUT2D eigenvalue weighted by Crippen LogP contribution is 2.30. The number of alkyl halides is 3. The molecule has 0 bridgehead atoms. The molecule has 0 heterocycles. The van der Waals surface area contributed by atoms with Crippen molar-refractivity contribution in [3.05, 3.63) is 0 Å². The van der Waals surface area contributed by atoms with Gasteiger partial charge in [0.2, 0.25) is 0 Å². The minimum atomic E-state index is -4.11. The largest absolute Gasteiger partial charge is 0.402 e. The van der Waals surface area contributed by atoms with Crippen LogP contribution in [0.5, 0.6) is 0 Å². The fourth-order valence-electron chi connectivity index (χ4n) is 0.685. The molecular formula is C5H8F3NS. The van der Waals surface area contributed by atoms with E-state index in [0.29, 0.717) is 0 Å². The summed E-state index contributed by atoms with van der Waals surface area (Å²) in [7, 11) is 0. The van der Waals surface area contributed by atoms with E-state index in [4.69, 9.17) is 0 Å². The Morgan fingerprint density at radius 3 is 2.20 bits per heavy atom. The van der Waals surface area contributed by atoms with Gasteiger partial charge in [0.05, 0.1) is 0 Å². The summed E-state index contributed by atoms with van der Waals surface area (Å²) in [6.45, 7) is -0.902. The molecule has 0 aromatic carbocycles. The zero-order valence-corrected chi connectivity index (χ0v) is 6.12. The molecule has 1 saturated carbocycles. The molecule has 0 unspecified atom stereocenters. The molecule has 0 aromatic heterocycles. The first kappa shape index (κ1) is 8.20. The second-order valence-corrected chi connectivity index (χ2v) is 2.96. The molecule has 0 aliphatic heterocycles. The SMILES string of the molecule is FC(F)(F)CN(S)C1CC1. The van der Waals surface area contributed by atoms with Crippen LogP contribution in [0.2, 0.25) is 0 Å². The summed E-state index contributed by atoms with van der Waals surface area (Å²) >= 11 is 3.69. The van der Waals surface area contributed by atoms with Crippen LogP contribution in [-0.4, -0.2) is 23.1 Å². The first-order chi connectivity index (χ1) is 4.49. The van der Waals surface area contributed by atoms with Crippen LogP contribution in [0.25, 0.3) is 0 Å². The molecule has 1 fully saturated rings. The standard InChI is InChI=1S/C5H8F3NS/c6-5(7,8)3-9(10)4-1-2-4/h4,10H,1-3H2. The molecule has 60 valence electrons. The van der Waals surface area contributed by atoms with E-state index in [1.807, 2.05) is 0 Å². The third-order valence-electron chi connectivity index (χ3n) is 1.31. The van der Waals surface area contributed by atoms with Crippen molar-refractivity contribution in [3.63, 3.8) is 0 Å². The smallest absolute Gasteiger partial charge is 0.241 e. The van der Waals surface area contributed by atoms with Gasteiger partial charge in [-0.05, 0) is 12.8 Å². The summed E-state index contributed by atoms with van der Waals surface area (Å²) in [5.74, 6) is 0. The van der Waals surface area contributed by atoms with Crippen molar-refractivity contribution in [1.29, 1.82) is 0 Å². The third-order valence-corrected chi connectivity index (χ3v) is 1.78. The van der Waals surface area contributed by atoms with Gasteiger partial charge in [0.15, 0.2) is 0 Å². The molecule has 10 heavy (non-hydrogen) atoms. The van der Waals surface area contributed by atoms with Gasteiger partial charge in [-0.25, -0.2) is 4.31 Å². The summed E-state index contributed by atoms with van der Waals surface area (Å²) in [6, 6.07) is 0.0601. The minimum absolute atomic E-state index is 0.0601. The second-order valence-electron chi connectivity index (χ2n) is 2.44. The number of hydrogen-bond acceptors (Lipinski definition) is 2. The van der Waals surface area contributed by atoms with E-state index < -0.39 is 12.7 Å². The number of nitrogens with zero attached hydrogens (tertiary/aromatic N) is 1. The molecule has 0 radical (unpaired) electrons. The molecular weight excluding hydrogens is 163 g/mol. The van der Waals surface area contributed by atoms with Gasteiger partial charge in [0.25, 0.3) is 0 Å². The number of hydrogen-bond donors (Lipinski definition) is 1. The molecule has 0 amide bonds. The van der Waals surface area contributed by atoms with Crippen LogP contribution in [0.3, 0.4) is 0 Å². The Hall–Kier alpha value is 0.100. The normalized spacial score (nSPS) is 20.1. The fraction of sp³-hybridized carbons (Fsp3) is 1.00. The number of rotatable bonds is 2. The van der Waals surface area contributed by atoms with Crippen molar-refractivity contribution in [3.8, 4) is 0 Å². The van der Waals surface area contributed by atoms with Crippen LogP contribution in [-0.2, 0) is 0 Å². The molecule has 0 aromatic rings. The molecule has 5 heteroatoms. The van der Waals surface area contributed by atoms with E-state index in [1.165, 1.54) is 0 Å². The minimum Gasteiger partial charge on any atom is -0.241 e. The van der Waals surface area contributed by atoms with Gasteiger partial charge in [-0.3, -0.25) is 0 Å². The van der Waals surface area contributed by atoms with E-state index in [9.17, 15) is 13.2 Å². The summed E-state index contributed by atoms with van der Waals surface area (Å²) < 4.78 is 35.9. The van der Waals surface area contributed by atoms with Crippen molar-refractivity contribution >= 4 is 12.8 Å². The molecule has 0 atom stereocenters. The zero-order chi connectivity index (χ0) is 7.78. The molecule has 1 nitrogen and oxygen atoms in total. The Balaban J connectivity index is 2.23. The van der Waals surface area contributed by atoms with Crippen molar-refractivity contribution in [2.45, 2.75) is 25.1 Å². The second kappa shape index (κ2) is 2.62. The van der Waals surface area contributed by atoms with Gasteiger partial charge in [-0.2, -0.15) is 13.2 Å². The lowest BCUT2D eigenvalue weighted by Gasteiger charge is -2.15. The maximum atomic E-state index is 11.6. The van der Waals surface area contributed by atoms with Crippen molar-refractivity contribution in [2.75, 3.05) is 6.54 Å². The summed E-state index contributed by atoms with van der Waals surface area (Å²) in [4.78, 5) is 0. The summed E-state index contributed by atoms with van der Waals surface area (Å²) in [5.41, 5.74) is 0. The highest BCUT2D eigenvalue weighted by Gasteiger charge is 2.36. The van der Waals surface area contributed by atoms with Crippen LogP contribution >= 0.6 is 12.8 Å².